The molecule has 0 amide bonds. The highest BCUT2D eigenvalue weighted by Gasteiger charge is 2.10. The molecule has 0 radical (unpaired) electrons. The van der Waals surface area contributed by atoms with Gasteiger partial charge in [0.1, 0.15) is 5.75 Å². The van der Waals surface area contributed by atoms with Gasteiger partial charge in [-0.25, -0.2) is 0 Å². The maximum absolute atomic E-state index is 9.72. The van der Waals surface area contributed by atoms with Crippen molar-refractivity contribution in [1.82, 2.24) is 0 Å². The second-order valence-corrected chi connectivity index (χ2v) is 4.92. The molecule has 2 nitrogen and oxygen atoms in total. The molecule has 2 atom stereocenters. The molecule has 0 saturated heterocycles. The van der Waals surface area contributed by atoms with E-state index in [9.17, 15) is 5.11 Å². The first-order valence-corrected chi connectivity index (χ1v) is 6.46. The Morgan fingerprint density at radius 3 is 2.59 bits per heavy atom. The van der Waals surface area contributed by atoms with Gasteiger partial charge in [0.25, 0.3) is 0 Å². The minimum absolute atomic E-state index is 0.480. The van der Waals surface area contributed by atoms with Crippen molar-refractivity contribution in [3.8, 4) is 5.75 Å². The Kier molecular flexibility index (Phi) is 5.49. The predicted molar refractivity (Wildman–Crippen MR) is 71.4 cm³/mol. The summed E-state index contributed by atoms with van der Waals surface area (Å²) in [5, 5.41) is 9.72. The molecule has 1 unspecified atom stereocenters. The molecule has 0 aliphatic heterocycles. The van der Waals surface area contributed by atoms with Gasteiger partial charge in [-0.1, -0.05) is 31.9 Å². The van der Waals surface area contributed by atoms with Crippen LogP contribution in [0.4, 0.5) is 0 Å². The van der Waals surface area contributed by atoms with Gasteiger partial charge in [-0.3, -0.25) is 0 Å². The summed E-state index contributed by atoms with van der Waals surface area (Å²) < 4.78 is 5.81. The van der Waals surface area contributed by atoms with Gasteiger partial charge in [-0.05, 0) is 38.3 Å². The minimum atomic E-state index is -0.480. The highest BCUT2D eigenvalue weighted by molar-refractivity contribution is 5.38. The molecule has 1 rings (SSSR count). The summed E-state index contributed by atoms with van der Waals surface area (Å²) in [5.41, 5.74) is 2.03. The van der Waals surface area contributed by atoms with Crippen molar-refractivity contribution in [2.24, 2.45) is 5.92 Å². The Bertz CT molecular complexity index is 345. The smallest absolute Gasteiger partial charge is 0.125 e. The standard InChI is InChI=1S/C15H24O2/c1-5-6-12(3)10-17-15-8-7-11(2)9-14(15)13(4)16/h7-9,12-13,16H,5-6,10H2,1-4H3/t12?,13-/m0/s1. The van der Waals surface area contributed by atoms with E-state index in [1.165, 1.54) is 12.8 Å². The van der Waals surface area contributed by atoms with Crippen LogP contribution >= 0.6 is 0 Å². The summed E-state index contributed by atoms with van der Waals surface area (Å²) in [7, 11) is 0. The zero-order valence-corrected chi connectivity index (χ0v) is 11.4. The molecule has 0 aromatic heterocycles. The number of aryl methyl sites for hydroxylation is 1. The van der Waals surface area contributed by atoms with Crippen molar-refractivity contribution in [1.29, 1.82) is 0 Å². The fourth-order valence-electron chi connectivity index (χ4n) is 1.93. The maximum Gasteiger partial charge on any atom is 0.125 e. The van der Waals surface area contributed by atoms with E-state index in [2.05, 4.69) is 13.8 Å². The van der Waals surface area contributed by atoms with Gasteiger partial charge in [-0.15, -0.1) is 0 Å². The van der Waals surface area contributed by atoms with Crippen LogP contribution in [0, 0.1) is 12.8 Å². The first kappa shape index (κ1) is 14.0. The summed E-state index contributed by atoms with van der Waals surface area (Å²) >= 11 is 0. The van der Waals surface area contributed by atoms with Crippen molar-refractivity contribution in [3.05, 3.63) is 29.3 Å². The molecule has 0 spiro atoms. The van der Waals surface area contributed by atoms with E-state index in [0.717, 1.165) is 23.5 Å². The zero-order valence-electron chi connectivity index (χ0n) is 11.4. The molecule has 1 aromatic rings. The van der Waals surface area contributed by atoms with Crippen LogP contribution in [0.25, 0.3) is 0 Å². The van der Waals surface area contributed by atoms with Gasteiger partial charge in [0.2, 0.25) is 0 Å². The summed E-state index contributed by atoms with van der Waals surface area (Å²) in [6.45, 7) is 8.90. The molecule has 17 heavy (non-hydrogen) atoms. The highest BCUT2D eigenvalue weighted by atomic mass is 16.5. The topological polar surface area (TPSA) is 29.5 Å². The van der Waals surface area contributed by atoms with Gasteiger partial charge >= 0.3 is 0 Å². The van der Waals surface area contributed by atoms with Crippen LogP contribution in [0.2, 0.25) is 0 Å². The average Bonchev–Trinajstić information content (AvgIpc) is 2.27. The molecule has 0 fully saturated rings. The van der Waals surface area contributed by atoms with Gasteiger partial charge in [-0.2, -0.15) is 0 Å². The molecule has 0 aliphatic rings. The van der Waals surface area contributed by atoms with Crippen LogP contribution in [0.1, 0.15) is 50.8 Å². The van der Waals surface area contributed by atoms with E-state index in [4.69, 9.17) is 4.74 Å². The Labute approximate surface area is 105 Å². The van der Waals surface area contributed by atoms with Gasteiger partial charge in [0, 0.05) is 5.56 Å². The molecular formula is C15H24O2. The van der Waals surface area contributed by atoms with Crippen LogP contribution in [0.5, 0.6) is 5.75 Å². The molecular weight excluding hydrogens is 212 g/mol. The minimum Gasteiger partial charge on any atom is -0.493 e. The number of aliphatic hydroxyl groups excluding tert-OH is 1. The largest absolute Gasteiger partial charge is 0.493 e. The molecule has 96 valence electrons. The first-order chi connectivity index (χ1) is 8.04. The number of aliphatic hydroxyl groups is 1. The van der Waals surface area contributed by atoms with Crippen LogP contribution in [0.15, 0.2) is 18.2 Å². The summed E-state index contributed by atoms with van der Waals surface area (Å²) in [4.78, 5) is 0. The number of ether oxygens (including phenoxy) is 1. The van der Waals surface area contributed by atoms with Crippen LogP contribution in [0.3, 0.4) is 0 Å². The Balaban J connectivity index is 2.70. The second-order valence-electron chi connectivity index (χ2n) is 4.92. The van der Waals surface area contributed by atoms with Gasteiger partial charge in [0.05, 0.1) is 12.7 Å². The SMILES string of the molecule is CCCC(C)COc1ccc(C)cc1[C@H](C)O. The average molecular weight is 236 g/mol. The van der Waals surface area contributed by atoms with Crippen LogP contribution in [-0.4, -0.2) is 11.7 Å². The van der Waals surface area contributed by atoms with Crippen molar-refractivity contribution in [2.75, 3.05) is 6.61 Å². The molecule has 1 aromatic carbocycles. The molecule has 2 heteroatoms. The maximum atomic E-state index is 9.72. The molecule has 0 saturated carbocycles. The summed E-state index contributed by atoms with van der Waals surface area (Å²) in [5.74, 6) is 1.37. The van der Waals surface area contributed by atoms with Crippen molar-refractivity contribution >= 4 is 0 Å². The highest BCUT2D eigenvalue weighted by Crippen LogP contribution is 2.26. The van der Waals surface area contributed by atoms with E-state index in [-0.39, 0.29) is 0 Å². The third kappa shape index (κ3) is 4.39. The zero-order chi connectivity index (χ0) is 12.8. The van der Waals surface area contributed by atoms with Crippen molar-refractivity contribution in [2.45, 2.75) is 46.6 Å². The third-order valence-electron chi connectivity index (χ3n) is 2.92. The number of benzene rings is 1. The summed E-state index contributed by atoms with van der Waals surface area (Å²) in [6.07, 6.45) is 1.88. The first-order valence-electron chi connectivity index (χ1n) is 6.46. The summed E-state index contributed by atoms with van der Waals surface area (Å²) in [6, 6.07) is 5.96. The van der Waals surface area contributed by atoms with Crippen LogP contribution in [-0.2, 0) is 0 Å². The molecule has 1 N–H and O–H groups in total. The van der Waals surface area contributed by atoms with Gasteiger partial charge < -0.3 is 9.84 Å². The lowest BCUT2D eigenvalue weighted by atomic mass is 10.1. The van der Waals surface area contributed by atoms with Crippen molar-refractivity contribution < 1.29 is 9.84 Å². The molecule has 0 heterocycles. The van der Waals surface area contributed by atoms with E-state index in [1.807, 2.05) is 25.1 Å². The molecule has 0 aliphatic carbocycles. The van der Waals surface area contributed by atoms with Crippen LogP contribution < -0.4 is 4.74 Å². The molecule has 0 bridgehead atoms. The Hall–Kier alpha value is -1.02. The van der Waals surface area contributed by atoms with Gasteiger partial charge in [0.15, 0.2) is 0 Å². The number of hydrogen-bond donors (Lipinski definition) is 1. The predicted octanol–water partition coefficient (Wildman–Crippen LogP) is 3.86. The van der Waals surface area contributed by atoms with E-state index in [1.54, 1.807) is 6.92 Å². The Morgan fingerprint density at radius 1 is 1.29 bits per heavy atom. The lowest BCUT2D eigenvalue weighted by Crippen LogP contribution is -2.10. The van der Waals surface area contributed by atoms with E-state index in [0.29, 0.717) is 5.92 Å². The second kappa shape index (κ2) is 6.65. The normalized spacial score (nSPS) is 14.4. The van der Waals surface area contributed by atoms with E-state index < -0.39 is 6.10 Å². The Morgan fingerprint density at radius 2 is 2.00 bits per heavy atom. The number of rotatable bonds is 6. The lowest BCUT2D eigenvalue weighted by molar-refractivity contribution is 0.186. The number of hydrogen-bond acceptors (Lipinski definition) is 2. The van der Waals surface area contributed by atoms with E-state index >= 15 is 0 Å². The monoisotopic (exact) mass is 236 g/mol. The lowest BCUT2D eigenvalue weighted by Gasteiger charge is -2.17. The fraction of sp³-hybridized carbons (Fsp3) is 0.600. The fourth-order valence-corrected chi connectivity index (χ4v) is 1.93. The third-order valence-corrected chi connectivity index (χ3v) is 2.92. The quantitative estimate of drug-likeness (QED) is 0.812. The van der Waals surface area contributed by atoms with Crippen molar-refractivity contribution in [3.63, 3.8) is 0 Å².